The van der Waals surface area contributed by atoms with Crippen LogP contribution in [0.5, 0.6) is 0 Å². The monoisotopic (exact) mass is 489 g/mol. The summed E-state index contributed by atoms with van der Waals surface area (Å²) >= 11 is 6.40. The van der Waals surface area contributed by atoms with E-state index in [-0.39, 0.29) is 18.4 Å². The van der Waals surface area contributed by atoms with Gasteiger partial charge in [0.05, 0.1) is 17.7 Å². The number of hydrogen-bond donors (Lipinski definition) is 1. The van der Waals surface area contributed by atoms with E-state index in [2.05, 4.69) is 6.07 Å². The number of carbonyl (C=O) groups is 2. The molecule has 3 aromatic carbocycles. The molecule has 0 saturated carbocycles. The first kappa shape index (κ1) is 24.6. The van der Waals surface area contributed by atoms with Crippen LogP contribution < -0.4 is 0 Å². The largest absolute Gasteiger partial charge is 0.465 e. The Kier molecular flexibility index (Phi) is 7.00. The number of benzene rings is 3. The van der Waals surface area contributed by atoms with Gasteiger partial charge in [-0.1, -0.05) is 48.0 Å². The molecule has 6 nitrogen and oxygen atoms in total. The molecule has 35 heavy (non-hydrogen) atoms. The van der Waals surface area contributed by atoms with Crippen molar-refractivity contribution in [3.63, 3.8) is 0 Å². The van der Waals surface area contributed by atoms with E-state index < -0.39 is 11.5 Å². The Bertz CT molecular complexity index is 1310. The molecule has 7 heteroatoms. The van der Waals surface area contributed by atoms with Crippen LogP contribution in [0, 0.1) is 11.3 Å². The van der Waals surface area contributed by atoms with Crippen molar-refractivity contribution in [3.8, 4) is 6.07 Å². The lowest BCUT2D eigenvalue weighted by atomic mass is 9.70. The van der Waals surface area contributed by atoms with E-state index in [4.69, 9.17) is 11.6 Å². The van der Waals surface area contributed by atoms with E-state index in [1.165, 1.54) is 4.90 Å². The van der Waals surface area contributed by atoms with Crippen LogP contribution in [0.1, 0.15) is 48.9 Å². The van der Waals surface area contributed by atoms with Gasteiger partial charge in [0.15, 0.2) is 0 Å². The van der Waals surface area contributed by atoms with Crippen molar-refractivity contribution in [1.29, 1.82) is 5.26 Å². The van der Waals surface area contributed by atoms with Gasteiger partial charge in [0, 0.05) is 37.0 Å². The van der Waals surface area contributed by atoms with Crippen molar-refractivity contribution < 1.29 is 14.7 Å². The van der Waals surface area contributed by atoms with E-state index in [1.807, 2.05) is 61.5 Å². The third-order valence-corrected chi connectivity index (χ3v) is 7.59. The lowest BCUT2D eigenvalue weighted by Crippen LogP contribution is -2.47. The van der Waals surface area contributed by atoms with Crippen LogP contribution in [-0.2, 0) is 10.2 Å². The zero-order valence-electron chi connectivity index (χ0n) is 19.9. The average Bonchev–Trinajstić information content (AvgIpc) is 2.87. The van der Waals surface area contributed by atoms with Crippen molar-refractivity contribution in [1.82, 2.24) is 9.80 Å². The molecule has 0 spiro atoms. The first-order valence-electron chi connectivity index (χ1n) is 11.7. The zero-order valence-corrected chi connectivity index (χ0v) is 20.6. The number of likely N-dealkylation sites (tertiary alicyclic amines) is 1. The van der Waals surface area contributed by atoms with Crippen LogP contribution in [0.15, 0.2) is 60.7 Å². The van der Waals surface area contributed by atoms with Gasteiger partial charge < -0.3 is 14.9 Å². The van der Waals surface area contributed by atoms with Gasteiger partial charge in [0.25, 0.3) is 0 Å². The summed E-state index contributed by atoms with van der Waals surface area (Å²) in [6.07, 6.45) is 0.313. The number of carboxylic acid groups (broad SMARTS) is 1. The van der Waals surface area contributed by atoms with E-state index in [0.717, 1.165) is 21.9 Å². The summed E-state index contributed by atoms with van der Waals surface area (Å²) in [6, 6.07) is 21.1. The molecule has 1 aliphatic rings. The van der Waals surface area contributed by atoms with Crippen molar-refractivity contribution in [2.45, 2.75) is 37.6 Å². The molecule has 0 radical (unpaired) electrons. The van der Waals surface area contributed by atoms with Crippen LogP contribution >= 0.6 is 11.6 Å². The molecule has 1 heterocycles. The maximum atomic E-state index is 13.7. The van der Waals surface area contributed by atoms with E-state index >= 15 is 0 Å². The van der Waals surface area contributed by atoms with Gasteiger partial charge in [0.1, 0.15) is 0 Å². The lowest BCUT2D eigenvalue weighted by molar-refractivity contribution is -0.133. The first-order chi connectivity index (χ1) is 16.7. The molecule has 1 saturated heterocycles. The minimum Gasteiger partial charge on any atom is -0.465 e. The Morgan fingerprint density at radius 3 is 2.54 bits per heavy atom. The SMILES string of the molecule is CC(c1cc(Cl)cc2ccccc12)N(C)C(=O)CC1(c2cccc(C#N)c2)CCN(C(=O)O)CC1. The predicted octanol–water partition coefficient (Wildman–Crippen LogP) is 5.99. The molecule has 0 aromatic heterocycles. The van der Waals surface area contributed by atoms with Crippen LogP contribution in [-0.4, -0.2) is 47.0 Å². The average molecular weight is 490 g/mol. The molecule has 1 unspecified atom stereocenters. The van der Waals surface area contributed by atoms with Crippen LogP contribution in [0.4, 0.5) is 4.79 Å². The number of carbonyl (C=O) groups excluding carboxylic acids is 1. The second kappa shape index (κ2) is 9.97. The van der Waals surface area contributed by atoms with Gasteiger partial charge in [0.2, 0.25) is 5.91 Å². The number of nitrogens with zero attached hydrogens (tertiary/aromatic N) is 3. The minimum atomic E-state index is -0.950. The second-order valence-electron chi connectivity index (χ2n) is 9.32. The van der Waals surface area contributed by atoms with Crippen LogP contribution in [0.25, 0.3) is 10.8 Å². The lowest BCUT2D eigenvalue weighted by Gasteiger charge is -2.42. The Morgan fingerprint density at radius 2 is 1.86 bits per heavy atom. The van der Waals surface area contributed by atoms with Crippen LogP contribution in [0.3, 0.4) is 0 Å². The Hall–Kier alpha value is -3.56. The molecule has 4 rings (SSSR count). The predicted molar refractivity (Wildman–Crippen MR) is 136 cm³/mol. The number of nitriles is 1. The molecule has 2 amide bonds. The number of amides is 2. The normalized spacial score (nSPS) is 15.9. The highest BCUT2D eigenvalue weighted by molar-refractivity contribution is 6.31. The topological polar surface area (TPSA) is 84.6 Å². The second-order valence-corrected chi connectivity index (χ2v) is 9.75. The molecule has 180 valence electrons. The number of rotatable bonds is 5. The third kappa shape index (κ3) is 4.96. The van der Waals surface area contributed by atoms with E-state index in [1.54, 1.807) is 18.0 Å². The van der Waals surface area contributed by atoms with Gasteiger partial charge in [-0.25, -0.2) is 4.79 Å². The molecule has 1 fully saturated rings. The summed E-state index contributed by atoms with van der Waals surface area (Å²) in [5, 5.41) is 21.5. The standard InChI is InChI=1S/C28H28ClN3O3/c1-19(25-16-23(29)15-21-7-3-4-9-24(21)25)31(2)26(33)17-28(10-12-32(13-11-28)27(34)35)22-8-5-6-20(14-22)18-30/h3-9,14-16,19H,10-13,17H2,1-2H3,(H,34,35). The molecule has 0 bridgehead atoms. The highest BCUT2D eigenvalue weighted by Crippen LogP contribution is 2.40. The minimum absolute atomic E-state index is 0.0345. The Labute approximate surface area is 210 Å². The summed E-state index contributed by atoms with van der Waals surface area (Å²) in [6.45, 7) is 2.68. The van der Waals surface area contributed by atoms with Crippen molar-refractivity contribution >= 4 is 34.4 Å². The highest BCUT2D eigenvalue weighted by atomic mass is 35.5. The van der Waals surface area contributed by atoms with Gasteiger partial charge in [-0.15, -0.1) is 0 Å². The smallest absolute Gasteiger partial charge is 0.407 e. The van der Waals surface area contributed by atoms with Gasteiger partial charge in [-0.3, -0.25) is 4.79 Å². The highest BCUT2D eigenvalue weighted by Gasteiger charge is 2.40. The molecule has 0 aliphatic carbocycles. The number of fused-ring (bicyclic) bond motifs is 1. The number of piperidine rings is 1. The van der Waals surface area contributed by atoms with Gasteiger partial charge >= 0.3 is 6.09 Å². The summed E-state index contributed by atoms with van der Waals surface area (Å²) in [5.74, 6) is -0.0345. The number of hydrogen-bond acceptors (Lipinski definition) is 3. The fourth-order valence-corrected chi connectivity index (χ4v) is 5.33. The summed E-state index contributed by atoms with van der Waals surface area (Å²) in [4.78, 5) is 28.3. The van der Waals surface area contributed by atoms with E-state index in [0.29, 0.717) is 36.5 Å². The summed E-state index contributed by atoms with van der Waals surface area (Å²) in [5.41, 5.74) is 1.87. The molecule has 3 aromatic rings. The maximum absolute atomic E-state index is 13.7. The van der Waals surface area contributed by atoms with Crippen molar-refractivity contribution in [3.05, 3.63) is 82.4 Å². The molecule has 1 atom stereocenters. The molecular weight excluding hydrogens is 462 g/mol. The Morgan fingerprint density at radius 1 is 1.14 bits per heavy atom. The summed E-state index contributed by atoms with van der Waals surface area (Å²) < 4.78 is 0. The van der Waals surface area contributed by atoms with Gasteiger partial charge in [-0.05, 0) is 65.9 Å². The van der Waals surface area contributed by atoms with Crippen molar-refractivity contribution in [2.75, 3.05) is 20.1 Å². The molecule has 1 aliphatic heterocycles. The quantitative estimate of drug-likeness (QED) is 0.477. The first-order valence-corrected chi connectivity index (χ1v) is 12.0. The fourth-order valence-electron chi connectivity index (χ4n) is 5.10. The maximum Gasteiger partial charge on any atom is 0.407 e. The van der Waals surface area contributed by atoms with Crippen LogP contribution in [0.2, 0.25) is 5.02 Å². The third-order valence-electron chi connectivity index (χ3n) is 7.37. The fraction of sp³-hybridized carbons (Fsp3) is 0.321. The zero-order chi connectivity index (χ0) is 25.2. The number of halogens is 1. The Balaban J connectivity index is 1.64. The molecule has 1 N–H and O–H groups in total. The molecular formula is C28H28ClN3O3. The van der Waals surface area contributed by atoms with Crippen molar-refractivity contribution in [2.24, 2.45) is 0 Å². The van der Waals surface area contributed by atoms with Gasteiger partial charge in [-0.2, -0.15) is 5.26 Å². The summed E-state index contributed by atoms with van der Waals surface area (Å²) in [7, 11) is 1.80. The van der Waals surface area contributed by atoms with E-state index in [9.17, 15) is 20.0 Å².